The van der Waals surface area contributed by atoms with E-state index in [2.05, 4.69) is 100 Å². The summed E-state index contributed by atoms with van der Waals surface area (Å²) >= 11 is 0. The van der Waals surface area contributed by atoms with Crippen LogP contribution in [0, 0.1) is 13.8 Å². The molecule has 0 aromatic heterocycles. The van der Waals surface area contributed by atoms with Crippen molar-refractivity contribution in [1.29, 1.82) is 0 Å². The summed E-state index contributed by atoms with van der Waals surface area (Å²) in [6.07, 6.45) is 0. The van der Waals surface area contributed by atoms with Crippen LogP contribution in [0.25, 0.3) is 11.3 Å². The maximum Gasteiger partial charge on any atom is 0.136 e. The third kappa shape index (κ3) is 2.84. The summed E-state index contributed by atoms with van der Waals surface area (Å²) in [7, 11) is 0. The van der Waals surface area contributed by atoms with Crippen molar-refractivity contribution in [2.75, 3.05) is 0 Å². The largest absolute Gasteiger partial charge is 0.482 e. The van der Waals surface area contributed by atoms with E-state index < -0.39 is 0 Å². The molecule has 0 saturated carbocycles. The Morgan fingerprint density at radius 2 is 1.19 bits per heavy atom. The van der Waals surface area contributed by atoms with Crippen LogP contribution in [0.2, 0.25) is 0 Å². The molecule has 4 rings (SSSR count). The summed E-state index contributed by atoms with van der Waals surface area (Å²) in [5, 5.41) is 0. The number of rotatable bonds is 2. The molecule has 0 aliphatic carbocycles. The van der Waals surface area contributed by atoms with E-state index in [4.69, 9.17) is 4.74 Å². The van der Waals surface area contributed by atoms with Gasteiger partial charge in [-0.05, 0) is 38.8 Å². The number of aryl methyl sites for hydroxylation is 2. The van der Waals surface area contributed by atoms with Gasteiger partial charge in [0, 0.05) is 16.7 Å². The second kappa shape index (κ2) is 6.17. The fourth-order valence-electron chi connectivity index (χ4n) is 3.62. The van der Waals surface area contributed by atoms with Crippen LogP contribution in [0.15, 0.2) is 72.8 Å². The minimum absolute atomic E-state index is 0.370. The Bertz CT molecular complexity index is 973. The van der Waals surface area contributed by atoms with E-state index in [-0.39, 0.29) is 5.60 Å². The van der Waals surface area contributed by atoms with Crippen molar-refractivity contribution in [2.45, 2.75) is 33.3 Å². The van der Waals surface area contributed by atoms with Crippen molar-refractivity contribution >= 4 is 11.3 Å². The lowest BCUT2D eigenvalue weighted by Gasteiger charge is -2.37. The molecular formula is C25H24O. The van der Waals surface area contributed by atoms with E-state index in [0.29, 0.717) is 0 Å². The fourth-order valence-corrected chi connectivity index (χ4v) is 3.62. The van der Waals surface area contributed by atoms with Gasteiger partial charge in [0.05, 0.1) is 0 Å². The lowest BCUT2D eigenvalue weighted by molar-refractivity contribution is 0.0721. The van der Waals surface area contributed by atoms with Gasteiger partial charge in [-0.1, -0.05) is 83.9 Å². The third-order valence-electron chi connectivity index (χ3n) is 5.08. The smallest absolute Gasteiger partial charge is 0.136 e. The Morgan fingerprint density at radius 3 is 1.81 bits per heavy atom. The maximum absolute atomic E-state index is 6.60. The van der Waals surface area contributed by atoms with Crippen molar-refractivity contribution in [3.8, 4) is 0 Å². The van der Waals surface area contributed by atoms with E-state index in [9.17, 15) is 0 Å². The van der Waals surface area contributed by atoms with Crippen LogP contribution in [0.1, 0.15) is 47.2 Å². The van der Waals surface area contributed by atoms with Gasteiger partial charge in [0.25, 0.3) is 0 Å². The van der Waals surface area contributed by atoms with Gasteiger partial charge in [-0.15, -0.1) is 0 Å². The molecule has 0 N–H and O–H groups in total. The average Bonchev–Trinajstić information content (AvgIpc) is 2.63. The molecule has 3 aromatic carbocycles. The Balaban J connectivity index is 2.03. The van der Waals surface area contributed by atoms with Gasteiger partial charge >= 0.3 is 0 Å². The predicted octanol–water partition coefficient (Wildman–Crippen LogP) is 6.49. The van der Waals surface area contributed by atoms with E-state index in [1.54, 1.807) is 0 Å². The van der Waals surface area contributed by atoms with Crippen molar-refractivity contribution in [2.24, 2.45) is 0 Å². The second-order valence-corrected chi connectivity index (χ2v) is 7.59. The Morgan fingerprint density at radius 1 is 0.654 bits per heavy atom. The molecule has 1 aliphatic heterocycles. The van der Waals surface area contributed by atoms with Crippen molar-refractivity contribution in [1.82, 2.24) is 0 Å². The van der Waals surface area contributed by atoms with Gasteiger partial charge in [0.1, 0.15) is 11.4 Å². The zero-order valence-electron chi connectivity index (χ0n) is 15.8. The highest BCUT2D eigenvalue weighted by atomic mass is 16.5. The summed E-state index contributed by atoms with van der Waals surface area (Å²) in [6.45, 7) is 8.52. The van der Waals surface area contributed by atoms with Gasteiger partial charge in [0.2, 0.25) is 0 Å². The van der Waals surface area contributed by atoms with E-state index in [1.165, 1.54) is 33.4 Å². The zero-order valence-corrected chi connectivity index (χ0v) is 15.8. The monoisotopic (exact) mass is 340 g/mol. The van der Waals surface area contributed by atoms with Crippen molar-refractivity contribution < 1.29 is 4.74 Å². The average molecular weight is 340 g/mol. The topological polar surface area (TPSA) is 9.23 Å². The standard InChI is InChI=1S/C25H24O/c1-17-9-13-19(14-10-17)23-21-7-5-6-8-22(21)25(3,4)26-24(23)20-15-11-18(2)12-16-20/h5-16H,1-4H3. The van der Waals surface area contributed by atoms with Crippen molar-refractivity contribution in [3.63, 3.8) is 0 Å². The number of hydrogen-bond acceptors (Lipinski definition) is 1. The zero-order chi connectivity index (χ0) is 18.3. The molecule has 1 heterocycles. The van der Waals surface area contributed by atoms with Gasteiger partial charge in [-0.3, -0.25) is 0 Å². The van der Waals surface area contributed by atoms with E-state index in [1.807, 2.05) is 0 Å². The Labute approximate surface area is 156 Å². The maximum atomic E-state index is 6.60. The van der Waals surface area contributed by atoms with Crippen LogP contribution in [0.5, 0.6) is 0 Å². The third-order valence-corrected chi connectivity index (χ3v) is 5.08. The van der Waals surface area contributed by atoms with Crippen LogP contribution < -0.4 is 0 Å². The highest BCUT2D eigenvalue weighted by Gasteiger charge is 2.34. The highest BCUT2D eigenvalue weighted by molar-refractivity contribution is 5.98. The lowest BCUT2D eigenvalue weighted by Crippen LogP contribution is -2.27. The molecule has 130 valence electrons. The molecule has 26 heavy (non-hydrogen) atoms. The molecule has 3 aromatic rings. The Hall–Kier alpha value is -2.80. The molecule has 0 saturated heterocycles. The van der Waals surface area contributed by atoms with Gasteiger partial charge in [0.15, 0.2) is 0 Å². The summed E-state index contributed by atoms with van der Waals surface area (Å²) in [6, 6.07) is 25.9. The second-order valence-electron chi connectivity index (χ2n) is 7.59. The summed E-state index contributed by atoms with van der Waals surface area (Å²) in [5.74, 6) is 0.956. The first-order chi connectivity index (χ1) is 12.5. The SMILES string of the molecule is Cc1ccc(C2=C(c3ccc(C)cc3)c3ccccc3C(C)(C)O2)cc1. The normalized spacial score (nSPS) is 15.4. The molecule has 0 radical (unpaired) electrons. The minimum atomic E-state index is -0.370. The van der Waals surface area contributed by atoms with Gasteiger partial charge in [-0.2, -0.15) is 0 Å². The van der Waals surface area contributed by atoms with Gasteiger partial charge in [-0.25, -0.2) is 0 Å². The molecule has 0 unspecified atom stereocenters. The molecule has 0 atom stereocenters. The molecule has 1 aliphatic rings. The summed E-state index contributed by atoms with van der Waals surface area (Å²) in [5.41, 5.74) is 8.10. The summed E-state index contributed by atoms with van der Waals surface area (Å²) in [4.78, 5) is 0. The molecule has 0 amide bonds. The highest BCUT2D eigenvalue weighted by Crippen LogP contribution is 2.46. The first kappa shape index (κ1) is 16.7. The first-order valence-electron chi connectivity index (χ1n) is 9.13. The Kier molecular flexibility index (Phi) is 3.96. The molecule has 0 bridgehead atoms. The molecular weight excluding hydrogens is 316 g/mol. The number of hydrogen-bond donors (Lipinski definition) is 0. The van der Waals surface area contributed by atoms with E-state index >= 15 is 0 Å². The van der Waals surface area contributed by atoms with Crippen LogP contribution in [0.3, 0.4) is 0 Å². The predicted molar refractivity (Wildman–Crippen MR) is 109 cm³/mol. The quantitative estimate of drug-likeness (QED) is 0.518. The number of benzene rings is 3. The molecule has 1 heteroatoms. The van der Waals surface area contributed by atoms with Crippen LogP contribution in [-0.2, 0) is 10.3 Å². The molecule has 1 nitrogen and oxygen atoms in total. The number of ether oxygens (including phenoxy) is 1. The van der Waals surface area contributed by atoms with E-state index in [0.717, 1.165) is 11.3 Å². The van der Waals surface area contributed by atoms with Crippen LogP contribution in [-0.4, -0.2) is 0 Å². The van der Waals surface area contributed by atoms with Crippen LogP contribution >= 0.6 is 0 Å². The van der Waals surface area contributed by atoms with Gasteiger partial charge < -0.3 is 4.74 Å². The minimum Gasteiger partial charge on any atom is -0.482 e. The van der Waals surface area contributed by atoms with Crippen molar-refractivity contribution in [3.05, 3.63) is 106 Å². The lowest BCUT2D eigenvalue weighted by atomic mass is 9.82. The first-order valence-corrected chi connectivity index (χ1v) is 9.13. The molecule has 0 spiro atoms. The number of fused-ring (bicyclic) bond motifs is 1. The fraction of sp³-hybridized carbons (Fsp3) is 0.200. The van der Waals surface area contributed by atoms with Crippen LogP contribution in [0.4, 0.5) is 0 Å². The molecule has 0 fully saturated rings. The summed E-state index contributed by atoms with van der Waals surface area (Å²) < 4.78 is 6.60.